The third-order valence-electron chi connectivity index (χ3n) is 2.53. The van der Waals surface area contributed by atoms with Gasteiger partial charge in [-0.15, -0.1) is 0 Å². The first-order valence-corrected chi connectivity index (χ1v) is 7.74. The Morgan fingerprint density at radius 3 is 2.50 bits per heavy atom. The van der Waals surface area contributed by atoms with Gasteiger partial charge in [-0.1, -0.05) is 15.9 Å². The Labute approximate surface area is 129 Å². The van der Waals surface area contributed by atoms with Gasteiger partial charge in [0.05, 0.1) is 18.8 Å². The van der Waals surface area contributed by atoms with Crippen molar-refractivity contribution in [1.29, 1.82) is 0 Å². The van der Waals surface area contributed by atoms with Gasteiger partial charge >= 0.3 is 0 Å². The van der Waals surface area contributed by atoms with Crippen molar-refractivity contribution < 1.29 is 14.6 Å². The van der Waals surface area contributed by atoms with Crippen molar-refractivity contribution in [3.63, 3.8) is 0 Å². The third-order valence-corrected chi connectivity index (χ3v) is 3.27. The van der Waals surface area contributed by atoms with Crippen LogP contribution in [0.25, 0.3) is 0 Å². The molecule has 1 atom stereocenters. The fourth-order valence-electron chi connectivity index (χ4n) is 1.74. The van der Waals surface area contributed by atoms with Crippen LogP contribution in [-0.4, -0.2) is 30.5 Å². The van der Waals surface area contributed by atoms with E-state index in [1.807, 2.05) is 32.9 Å². The fraction of sp³-hybridized carbons (Fsp3) is 0.600. The lowest BCUT2D eigenvalue weighted by atomic mass is 10.2. The number of aliphatic hydroxyl groups is 1. The molecule has 0 aromatic heterocycles. The molecule has 0 saturated heterocycles. The minimum atomic E-state index is -0.358. The Morgan fingerprint density at radius 1 is 1.25 bits per heavy atom. The minimum absolute atomic E-state index is 0.0975. The number of benzene rings is 1. The van der Waals surface area contributed by atoms with Crippen LogP contribution in [0.3, 0.4) is 0 Å². The topological polar surface area (TPSA) is 50.7 Å². The van der Waals surface area contributed by atoms with Gasteiger partial charge in [0.15, 0.2) is 11.5 Å². The van der Waals surface area contributed by atoms with Crippen molar-refractivity contribution >= 4 is 15.9 Å². The molecule has 2 N–H and O–H groups in total. The quantitative estimate of drug-likeness (QED) is 0.760. The van der Waals surface area contributed by atoms with Gasteiger partial charge in [-0.3, -0.25) is 0 Å². The van der Waals surface area contributed by atoms with Crippen LogP contribution >= 0.6 is 15.9 Å². The molecule has 1 rings (SSSR count). The van der Waals surface area contributed by atoms with Gasteiger partial charge in [-0.25, -0.2) is 0 Å². The lowest BCUT2D eigenvalue weighted by Gasteiger charge is -2.17. The van der Waals surface area contributed by atoms with Crippen LogP contribution in [-0.2, 0) is 6.54 Å². The SMILES string of the molecule is CCOc1cc(CNCC(C)O)c(Br)cc1OC(C)C. The summed E-state index contributed by atoms with van der Waals surface area (Å²) in [6.45, 7) is 9.49. The third kappa shape index (κ3) is 5.69. The summed E-state index contributed by atoms with van der Waals surface area (Å²) in [7, 11) is 0. The first-order valence-electron chi connectivity index (χ1n) is 6.94. The second-order valence-corrected chi connectivity index (χ2v) is 5.82. The summed E-state index contributed by atoms with van der Waals surface area (Å²) < 4.78 is 12.4. The molecule has 0 fully saturated rings. The van der Waals surface area contributed by atoms with Gasteiger partial charge in [0.25, 0.3) is 0 Å². The molecule has 0 aliphatic heterocycles. The minimum Gasteiger partial charge on any atom is -0.490 e. The molecule has 4 nitrogen and oxygen atoms in total. The summed E-state index contributed by atoms with van der Waals surface area (Å²) in [4.78, 5) is 0. The summed E-state index contributed by atoms with van der Waals surface area (Å²) in [5.74, 6) is 1.49. The predicted octanol–water partition coefficient (Wildman–Crippen LogP) is 3.11. The predicted molar refractivity (Wildman–Crippen MR) is 84.5 cm³/mol. The van der Waals surface area contributed by atoms with Crippen molar-refractivity contribution in [2.75, 3.05) is 13.2 Å². The maximum absolute atomic E-state index is 9.26. The van der Waals surface area contributed by atoms with Crippen molar-refractivity contribution in [1.82, 2.24) is 5.32 Å². The molecule has 0 spiro atoms. The van der Waals surface area contributed by atoms with Crippen molar-refractivity contribution in [2.45, 2.75) is 46.4 Å². The zero-order valence-electron chi connectivity index (χ0n) is 12.6. The maximum Gasteiger partial charge on any atom is 0.162 e. The molecule has 0 aliphatic rings. The second-order valence-electron chi connectivity index (χ2n) is 4.97. The fourth-order valence-corrected chi connectivity index (χ4v) is 2.21. The highest BCUT2D eigenvalue weighted by atomic mass is 79.9. The molecule has 5 heteroatoms. The molecule has 0 heterocycles. The number of hydrogen-bond donors (Lipinski definition) is 2. The van der Waals surface area contributed by atoms with Crippen LogP contribution in [0.5, 0.6) is 11.5 Å². The van der Waals surface area contributed by atoms with Crippen molar-refractivity contribution in [2.24, 2.45) is 0 Å². The molecule has 20 heavy (non-hydrogen) atoms. The second kappa shape index (κ2) is 8.49. The Hall–Kier alpha value is -0.780. The smallest absolute Gasteiger partial charge is 0.162 e. The highest BCUT2D eigenvalue weighted by molar-refractivity contribution is 9.10. The molecule has 1 aromatic carbocycles. The maximum atomic E-state index is 9.26. The highest BCUT2D eigenvalue weighted by Gasteiger charge is 2.12. The van der Waals surface area contributed by atoms with Gasteiger partial charge in [0.2, 0.25) is 0 Å². The Morgan fingerprint density at radius 2 is 1.95 bits per heavy atom. The Balaban J connectivity index is 2.88. The lowest BCUT2D eigenvalue weighted by Crippen LogP contribution is -2.24. The number of ether oxygens (including phenoxy) is 2. The molecule has 114 valence electrons. The molecule has 1 aromatic rings. The van der Waals surface area contributed by atoms with Gasteiger partial charge in [0.1, 0.15) is 0 Å². The van der Waals surface area contributed by atoms with Crippen LogP contribution in [0.15, 0.2) is 16.6 Å². The van der Waals surface area contributed by atoms with E-state index < -0.39 is 0 Å². The molecule has 0 amide bonds. The van der Waals surface area contributed by atoms with Gasteiger partial charge in [-0.05, 0) is 45.4 Å². The monoisotopic (exact) mass is 345 g/mol. The molecule has 0 saturated carbocycles. The molecular formula is C15H24BrNO3. The van der Waals surface area contributed by atoms with Crippen LogP contribution < -0.4 is 14.8 Å². The summed E-state index contributed by atoms with van der Waals surface area (Å²) in [5, 5.41) is 12.5. The zero-order chi connectivity index (χ0) is 15.1. The molecular weight excluding hydrogens is 322 g/mol. The van der Waals surface area contributed by atoms with E-state index in [9.17, 15) is 5.11 Å². The highest BCUT2D eigenvalue weighted by Crippen LogP contribution is 2.34. The summed E-state index contributed by atoms with van der Waals surface area (Å²) in [6, 6.07) is 3.91. The van der Waals surface area contributed by atoms with Crippen molar-refractivity contribution in [3.8, 4) is 11.5 Å². The van der Waals surface area contributed by atoms with E-state index in [1.54, 1.807) is 6.92 Å². The van der Waals surface area contributed by atoms with E-state index >= 15 is 0 Å². The standard InChI is InChI=1S/C15H24BrNO3/c1-5-19-14-6-12(9-17-8-11(4)18)13(16)7-15(14)20-10(2)3/h6-7,10-11,17-18H,5,8-9H2,1-4H3. The Bertz CT molecular complexity index is 422. The number of aliphatic hydroxyl groups excluding tert-OH is 1. The zero-order valence-corrected chi connectivity index (χ0v) is 14.2. The number of rotatable bonds is 8. The van der Waals surface area contributed by atoms with Gasteiger partial charge in [-0.2, -0.15) is 0 Å². The van der Waals surface area contributed by atoms with E-state index in [2.05, 4.69) is 21.2 Å². The van der Waals surface area contributed by atoms with Gasteiger partial charge < -0.3 is 19.9 Å². The number of hydrogen-bond acceptors (Lipinski definition) is 4. The summed E-state index contributed by atoms with van der Waals surface area (Å²) in [6.07, 6.45) is -0.260. The molecule has 0 radical (unpaired) electrons. The van der Waals surface area contributed by atoms with Crippen molar-refractivity contribution in [3.05, 3.63) is 22.2 Å². The first kappa shape index (κ1) is 17.3. The van der Waals surface area contributed by atoms with E-state index in [-0.39, 0.29) is 12.2 Å². The number of halogens is 1. The summed E-state index contributed by atoms with van der Waals surface area (Å²) >= 11 is 3.55. The molecule has 0 aliphatic carbocycles. The van der Waals surface area contributed by atoms with Crippen LogP contribution in [0, 0.1) is 0 Å². The molecule has 0 bridgehead atoms. The van der Waals surface area contributed by atoms with E-state index in [0.717, 1.165) is 21.5 Å². The molecule has 1 unspecified atom stereocenters. The van der Waals surface area contributed by atoms with E-state index in [4.69, 9.17) is 9.47 Å². The number of nitrogens with one attached hydrogen (secondary N) is 1. The normalized spacial score (nSPS) is 12.6. The van der Waals surface area contributed by atoms with Gasteiger partial charge in [0, 0.05) is 17.6 Å². The lowest BCUT2D eigenvalue weighted by molar-refractivity contribution is 0.191. The van der Waals surface area contributed by atoms with Crippen LogP contribution in [0.1, 0.15) is 33.3 Å². The Kier molecular flexibility index (Phi) is 7.34. The average molecular weight is 346 g/mol. The first-order chi connectivity index (χ1) is 9.43. The summed E-state index contributed by atoms with van der Waals surface area (Å²) in [5.41, 5.74) is 1.07. The average Bonchev–Trinajstić information content (AvgIpc) is 2.33. The largest absolute Gasteiger partial charge is 0.490 e. The van der Waals surface area contributed by atoms with E-state index in [0.29, 0.717) is 19.7 Å². The van der Waals surface area contributed by atoms with E-state index in [1.165, 1.54) is 0 Å². The van der Waals surface area contributed by atoms with Crippen LogP contribution in [0.4, 0.5) is 0 Å². The van der Waals surface area contributed by atoms with Crippen LogP contribution in [0.2, 0.25) is 0 Å².